The summed E-state index contributed by atoms with van der Waals surface area (Å²) in [6, 6.07) is 2.05. The van der Waals surface area contributed by atoms with E-state index < -0.39 is 12.6 Å². The minimum atomic E-state index is -4.16. The molecule has 0 aliphatic carbocycles. The summed E-state index contributed by atoms with van der Waals surface area (Å²) in [7, 11) is 0. The molecule has 1 aromatic heterocycles. The molecule has 0 radical (unpaired) electrons. The van der Waals surface area contributed by atoms with Crippen molar-refractivity contribution in [2.45, 2.75) is 45.5 Å². The van der Waals surface area contributed by atoms with Gasteiger partial charge in [-0.1, -0.05) is 6.92 Å². The first kappa shape index (κ1) is 14.0. The molecule has 0 N–H and O–H groups in total. The third kappa shape index (κ3) is 5.21. The zero-order chi connectivity index (χ0) is 12.9. The predicted molar refractivity (Wildman–Crippen MR) is 57.6 cm³/mol. The van der Waals surface area contributed by atoms with Crippen LogP contribution in [0.1, 0.15) is 38.4 Å². The van der Waals surface area contributed by atoms with Gasteiger partial charge in [0.25, 0.3) is 0 Å². The lowest BCUT2D eigenvalue weighted by atomic mass is 10.3. The van der Waals surface area contributed by atoms with Gasteiger partial charge in [0.1, 0.15) is 0 Å². The van der Waals surface area contributed by atoms with Gasteiger partial charge in [-0.2, -0.15) is 18.3 Å². The van der Waals surface area contributed by atoms with Crippen LogP contribution in [0, 0.1) is 0 Å². The molecule has 0 spiro atoms. The van der Waals surface area contributed by atoms with E-state index in [4.69, 9.17) is 4.74 Å². The Morgan fingerprint density at radius 2 is 2.18 bits per heavy atom. The van der Waals surface area contributed by atoms with Crippen LogP contribution in [-0.2, 0) is 11.3 Å². The number of nitrogens with zero attached hydrogens (tertiary/aromatic N) is 2. The first-order valence-corrected chi connectivity index (χ1v) is 5.61. The highest BCUT2D eigenvalue weighted by molar-refractivity contribution is 4.97. The number of hydrogen-bond donors (Lipinski definition) is 0. The molecule has 6 heteroatoms. The van der Waals surface area contributed by atoms with Crippen LogP contribution < -0.4 is 0 Å². The van der Waals surface area contributed by atoms with Gasteiger partial charge in [-0.05, 0) is 19.4 Å². The summed E-state index contributed by atoms with van der Waals surface area (Å²) in [5.41, 5.74) is 0.660. The number of hydrogen-bond acceptors (Lipinski definition) is 2. The molecule has 1 rings (SSSR count). The minimum absolute atomic E-state index is 0.125. The molecule has 3 nitrogen and oxygen atoms in total. The molecule has 0 saturated heterocycles. The third-order valence-electron chi connectivity index (χ3n) is 2.49. The van der Waals surface area contributed by atoms with Crippen molar-refractivity contribution < 1.29 is 17.9 Å². The van der Waals surface area contributed by atoms with Crippen molar-refractivity contribution >= 4 is 0 Å². The molecule has 1 heterocycles. The van der Waals surface area contributed by atoms with E-state index >= 15 is 0 Å². The van der Waals surface area contributed by atoms with Crippen LogP contribution in [-0.4, -0.2) is 22.6 Å². The van der Waals surface area contributed by atoms with E-state index in [-0.39, 0.29) is 13.2 Å². The van der Waals surface area contributed by atoms with Gasteiger partial charge < -0.3 is 4.74 Å². The number of aromatic nitrogens is 2. The smallest absolute Gasteiger partial charge is 0.375 e. The van der Waals surface area contributed by atoms with E-state index in [1.165, 1.54) is 0 Å². The van der Waals surface area contributed by atoms with E-state index in [1.807, 2.05) is 20.0 Å². The molecular formula is C11H17F3N2O. The van der Waals surface area contributed by atoms with Crippen molar-refractivity contribution in [3.05, 3.63) is 18.0 Å². The van der Waals surface area contributed by atoms with Crippen LogP contribution in [0.25, 0.3) is 0 Å². The maximum Gasteiger partial charge on any atom is 0.391 e. The molecule has 0 unspecified atom stereocenters. The Bertz CT molecular complexity index is 336. The SMILES string of the molecule is CC[C@@H](C)n1ccc(COCCC(F)(F)F)n1. The Morgan fingerprint density at radius 3 is 2.76 bits per heavy atom. The van der Waals surface area contributed by atoms with E-state index in [9.17, 15) is 13.2 Å². The largest absolute Gasteiger partial charge is 0.391 e. The Balaban J connectivity index is 2.30. The summed E-state index contributed by atoms with van der Waals surface area (Å²) in [5, 5.41) is 4.23. The van der Waals surface area contributed by atoms with Gasteiger partial charge in [-0.25, -0.2) is 0 Å². The van der Waals surface area contributed by atoms with Gasteiger partial charge >= 0.3 is 6.18 Å². The Labute approximate surface area is 98.6 Å². The van der Waals surface area contributed by atoms with Gasteiger partial charge in [0.05, 0.1) is 25.3 Å². The van der Waals surface area contributed by atoms with Gasteiger partial charge in [-0.15, -0.1) is 0 Å². The second-order valence-electron chi connectivity index (χ2n) is 3.96. The van der Waals surface area contributed by atoms with Crippen LogP contribution >= 0.6 is 0 Å². The lowest BCUT2D eigenvalue weighted by molar-refractivity contribution is -0.146. The lowest BCUT2D eigenvalue weighted by Gasteiger charge is -2.08. The highest BCUT2D eigenvalue weighted by atomic mass is 19.4. The molecule has 98 valence electrons. The third-order valence-corrected chi connectivity index (χ3v) is 2.49. The fraction of sp³-hybridized carbons (Fsp3) is 0.727. The number of halogens is 3. The topological polar surface area (TPSA) is 27.1 Å². The number of rotatable bonds is 6. The summed E-state index contributed by atoms with van der Waals surface area (Å²) >= 11 is 0. The van der Waals surface area contributed by atoms with Crippen molar-refractivity contribution in [2.75, 3.05) is 6.61 Å². The van der Waals surface area contributed by atoms with Crippen molar-refractivity contribution in [3.8, 4) is 0 Å². The second-order valence-corrected chi connectivity index (χ2v) is 3.96. The van der Waals surface area contributed by atoms with Crippen LogP contribution in [0.5, 0.6) is 0 Å². The van der Waals surface area contributed by atoms with E-state index in [1.54, 1.807) is 10.7 Å². The number of alkyl halides is 3. The standard InChI is InChI=1S/C11H17F3N2O/c1-3-9(2)16-6-4-10(15-16)8-17-7-5-11(12,13)14/h4,6,9H,3,5,7-8H2,1-2H3/t9-/m1/s1. The zero-order valence-electron chi connectivity index (χ0n) is 10.00. The Morgan fingerprint density at radius 1 is 1.47 bits per heavy atom. The molecule has 17 heavy (non-hydrogen) atoms. The van der Waals surface area contributed by atoms with E-state index in [0.29, 0.717) is 11.7 Å². The summed E-state index contributed by atoms with van der Waals surface area (Å²) in [4.78, 5) is 0. The summed E-state index contributed by atoms with van der Waals surface area (Å²) in [6.07, 6.45) is -2.30. The molecule has 1 atom stereocenters. The molecule has 0 aliphatic heterocycles. The lowest BCUT2D eigenvalue weighted by Crippen LogP contribution is -2.11. The normalized spacial score (nSPS) is 13.9. The van der Waals surface area contributed by atoms with Crippen LogP contribution in [0.15, 0.2) is 12.3 Å². The van der Waals surface area contributed by atoms with Gasteiger partial charge in [0.15, 0.2) is 0 Å². The highest BCUT2D eigenvalue weighted by Gasteiger charge is 2.26. The average Bonchev–Trinajstić information content (AvgIpc) is 2.70. The monoisotopic (exact) mass is 250 g/mol. The van der Waals surface area contributed by atoms with Crippen molar-refractivity contribution in [1.29, 1.82) is 0 Å². The molecule has 0 bridgehead atoms. The van der Waals surface area contributed by atoms with Gasteiger partial charge in [0, 0.05) is 12.2 Å². The quantitative estimate of drug-likeness (QED) is 0.724. The summed E-state index contributed by atoms with van der Waals surface area (Å²) in [5.74, 6) is 0. The molecule has 0 fully saturated rings. The predicted octanol–water partition coefficient (Wildman–Crippen LogP) is 3.32. The minimum Gasteiger partial charge on any atom is -0.375 e. The Kier molecular flexibility index (Phi) is 4.99. The maximum absolute atomic E-state index is 11.8. The van der Waals surface area contributed by atoms with Crippen molar-refractivity contribution in [1.82, 2.24) is 9.78 Å². The molecule has 0 saturated carbocycles. The van der Waals surface area contributed by atoms with Crippen LogP contribution in [0.3, 0.4) is 0 Å². The fourth-order valence-corrected chi connectivity index (χ4v) is 1.25. The molecule has 0 aliphatic rings. The van der Waals surface area contributed by atoms with E-state index in [0.717, 1.165) is 6.42 Å². The highest BCUT2D eigenvalue weighted by Crippen LogP contribution is 2.19. The van der Waals surface area contributed by atoms with E-state index in [2.05, 4.69) is 5.10 Å². The second kappa shape index (κ2) is 6.05. The molecule has 0 amide bonds. The van der Waals surface area contributed by atoms with Crippen molar-refractivity contribution in [3.63, 3.8) is 0 Å². The van der Waals surface area contributed by atoms with Crippen LogP contribution in [0.4, 0.5) is 13.2 Å². The molecule has 0 aromatic carbocycles. The number of ether oxygens (including phenoxy) is 1. The maximum atomic E-state index is 11.8. The van der Waals surface area contributed by atoms with Gasteiger partial charge in [-0.3, -0.25) is 4.68 Å². The zero-order valence-corrected chi connectivity index (χ0v) is 10.00. The fourth-order valence-electron chi connectivity index (χ4n) is 1.25. The average molecular weight is 250 g/mol. The first-order chi connectivity index (χ1) is 7.92. The Hall–Kier alpha value is -1.04. The summed E-state index contributed by atoms with van der Waals surface area (Å²) < 4.78 is 42.2. The molecular weight excluding hydrogens is 233 g/mol. The molecule has 1 aromatic rings. The van der Waals surface area contributed by atoms with Gasteiger partial charge in [0.2, 0.25) is 0 Å². The first-order valence-electron chi connectivity index (χ1n) is 5.61. The summed E-state index contributed by atoms with van der Waals surface area (Å²) in [6.45, 7) is 3.88. The van der Waals surface area contributed by atoms with Crippen molar-refractivity contribution in [2.24, 2.45) is 0 Å². The van der Waals surface area contributed by atoms with Crippen LogP contribution in [0.2, 0.25) is 0 Å².